The van der Waals surface area contributed by atoms with Gasteiger partial charge in [-0.3, -0.25) is 4.68 Å². The van der Waals surface area contributed by atoms with Crippen molar-refractivity contribution in [2.24, 2.45) is 7.05 Å². The number of benzene rings is 1. The monoisotopic (exact) mass is 370 g/mol. The van der Waals surface area contributed by atoms with Gasteiger partial charge in [-0.1, -0.05) is 13.8 Å². The van der Waals surface area contributed by atoms with E-state index in [0.29, 0.717) is 28.0 Å². The molecule has 7 nitrogen and oxygen atoms in total. The molecule has 3 rings (SSSR count). The van der Waals surface area contributed by atoms with Crippen LogP contribution in [0.5, 0.6) is 0 Å². The zero-order chi connectivity index (χ0) is 19.7. The first-order valence-corrected chi connectivity index (χ1v) is 8.66. The summed E-state index contributed by atoms with van der Waals surface area (Å²) in [7, 11) is 1.69. The summed E-state index contributed by atoms with van der Waals surface area (Å²) in [4.78, 5) is 24.0. The van der Waals surface area contributed by atoms with E-state index in [0.717, 1.165) is 11.1 Å². The van der Waals surface area contributed by atoms with Crippen LogP contribution >= 0.6 is 0 Å². The number of aliphatic hydroxyl groups is 1. The highest BCUT2D eigenvalue weighted by Gasteiger charge is 2.21. The molecule has 1 unspecified atom stereocenters. The molecule has 0 fully saturated rings. The molecule has 0 aliphatic rings. The molecule has 0 radical (unpaired) electrons. The van der Waals surface area contributed by atoms with Crippen LogP contribution in [-0.2, 0) is 23.2 Å². The molecule has 3 aromatic rings. The van der Waals surface area contributed by atoms with Gasteiger partial charge in [0.25, 0.3) is 0 Å². The molecule has 142 valence electrons. The molecule has 27 heavy (non-hydrogen) atoms. The molecule has 0 aliphatic heterocycles. The van der Waals surface area contributed by atoms with Crippen molar-refractivity contribution >= 4 is 16.9 Å². The van der Waals surface area contributed by atoms with Gasteiger partial charge in [-0.05, 0) is 36.1 Å². The van der Waals surface area contributed by atoms with Gasteiger partial charge in [-0.15, -0.1) is 0 Å². The van der Waals surface area contributed by atoms with Crippen LogP contribution in [0.25, 0.3) is 11.0 Å². The van der Waals surface area contributed by atoms with E-state index in [9.17, 15) is 14.7 Å². The minimum Gasteiger partial charge on any atom is -0.459 e. The topological polar surface area (TPSA) is 94.6 Å². The van der Waals surface area contributed by atoms with Crippen LogP contribution in [0.4, 0.5) is 0 Å². The fraction of sp³-hybridized carbons (Fsp3) is 0.350. The van der Waals surface area contributed by atoms with Crippen LogP contribution in [0, 0.1) is 6.92 Å². The molecule has 0 amide bonds. The van der Waals surface area contributed by atoms with Crippen molar-refractivity contribution in [2.75, 3.05) is 0 Å². The first-order chi connectivity index (χ1) is 12.8. The minimum atomic E-state index is -1.43. The number of nitrogens with zero attached hydrogens (tertiary/aromatic N) is 2. The molecule has 0 saturated carbocycles. The number of fused-ring (bicyclic) bond motifs is 1. The molecule has 1 N–H and O–H groups in total. The lowest BCUT2D eigenvalue weighted by molar-refractivity contribution is -0.155. The summed E-state index contributed by atoms with van der Waals surface area (Å²) in [6.07, 6.45) is 1.50. The third-order valence-electron chi connectivity index (χ3n) is 4.47. The zero-order valence-electron chi connectivity index (χ0n) is 15.7. The number of esters is 1. The lowest BCUT2D eigenvalue weighted by Gasteiger charge is -2.14. The Morgan fingerprint density at radius 3 is 2.70 bits per heavy atom. The minimum absolute atomic E-state index is 0.140. The molecule has 7 heteroatoms. The molecule has 2 aromatic heterocycles. The molecular formula is C20H22N2O5. The smallest absolute Gasteiger partial charge is 0.340 e. The summed E-state index contributed by atoms with van der Waals surface area (Å²) in [5, 5.41) is 14.7. The summed E-state index contributed by atoms with van der Waals surface area (Å²) in [5.74, 6) is -0.510. The van der Waals surface area contributed by atoms with Gasteiger partial charge in [-0.25, -0.2) is 9.59 Å². The predicted molar refractivity (Wildman–Crippen MR) is 99.3 cm³/mol. The van der Waals surface area contributed by atoms with E-state index in [-0.39, 0.29) is 6.61 Å². The highest BCUT2D eigenvalue weighted by atomic mass is 16.5. The maximum absolute atomic E-state index is 12.2. The average molecular weight is 370 g/mol. The second kappa shape index (κ2) is 7.36. The SMILES string of the molecule is Cc1cc2oc(=O)cc(COC(=O)C(O)c3cnn(C)c3)c2cc1C(C)C. The van der Waals surface area contributed by atoms with Crippen LogP contribution in [-0.4, -0.2) is 20.9 Å². The average Bonchev–Trinajstić information content (AvgIpc) is 3.04. The van der Waals surface area contributed by atoms with E-state index in [1.54, 1.807) is 7.05 Å². The third kappa shape index (κ3) is 3.93. The number of carbonyl (C=O) groups is 1. The van der Waals surface area contributed by atoms with Crippen LogP contribution in [0.1, 0.15) is 48.1 Å². The molecule has 0 aliphatic carbocycles. The van der Waals surface area contributed by atoms with Gasteiger partial charge < -0.3 is 14.3 Å². The molecule has 0 spiro atoms. The Hall–Kier alpha value is -2.93. The maximum atomic E-state index is 12.2. The molecule has 1 atom stereocenters. The zero-order valence-corrected chi connectivity index (χ0v) is 15.7. The second-order valence-electron chi connectivity index (χ2n) is 6.91. The van der Waals surface area contributed by atoms with Gasteiger partial charge in [0.2, 0.25) is 0 Å². The predicted octanol–water partition coefficient (Wildman–Crippen LogP) is 2.74. The third-order valence-corrected chi connectivity index (χ3v) is 4.47. The Kier molecular flexibility index (Phi) is 5.14. The van der Waals surface area contributed by atoms with Crippen LogP contribution in [0.15, 0.2) is 39.8 Å². The van der Waals surface area contributed by atoms with Crippen molar-refractivity contribution in [3.8, 4) is 0 Å². The molecule has 0 saturated heterocycles. The Bertz CT molecular complexity index is 1050. The Morgan fingerprint density at radius 1 is 1.33 bits per heavy atom. The van der Waals surface area contributed by atoms with E-state index in [4.69, 9.17) is 9.15 Å². The lowest BCUT2D eigenvalue weighted by Crippen LogP contribution is -2.15. The van der Waals surface area contributed by atoms with E-state index < -0.39 is 17.7 Å². The standard InChI is InChI=1S/C20H22N2O5/c1-11(2)15-7-16-13(6-18(23)27-17(16)5-12(15)3)10-26-20(25)19(24)14-8-21-22(4)9-14/h5-9,11,19,24H,10H2,1-4H3. The van der Waals surface area contributed by atoms with Crippen molar-refractivity contribution in [2.45, 2.75) is 39.4 Å². The molecule has 0 bridgehead atoms. The number of ether oxygens (including phenoxy) is 1. The Labute approximate surface area is 156 Å². The number of hydrogen-bond acceptors (Lipinski definition) is 6. The summed E-state index contributed by atoms with van der Waals surface area (Å²) in [6, 6.07) is 5.09. The Balaban J connectivity index is 1.88. The first-order valence-electron chi connectivity index (χ1n) is 8.66. The van der Waals surface area contributed by atoms with Gasteiger partial charge in [0.15, 0.2) is 6.10 Å². The summed E-state index contributed by atoms with van der Waals surface area (Å²) >= 11 is 0. The van der Waals surface area contributed by atoms with Gasteiger partial charge in [0, 0.05) is 35.8 Å². The lowest BCUT2D eigenvalue weighted by atomic mass is 9.95. The largest absolute Gasteiger partial charge is 0.459 e. The fourth-order valence-electron chi connectivity index (χ4n) is 3.08. The summed E-state index contributed by atoms with van der Waals surface area (Å²) in [5.41, 5.74) is 2.97. The number of aromatic nitrogens is 2. The van der Waals surface area contributed by atoms with E-state index in [2.05, 4.69) is 18.9 Å². The highest BCUT2D eigenvalue weighted by molar-refractivity contribution is 5.82. The maximum Gasteiger partial charge on any atom is 0.340 e. The van der Waals surface area contributed by atoms with Gasteiger partial charge in [-0.2, -0.15) is 5.10 Å². The van der Waals surface area contributed by atoms with Crippen molar-refractivity contribution in [3.05, 3.63) is 63.3 Å². The first kappa shape index (κ1) is 18.8. The summed E-state index contributed by atoms with van der Waals surface area (Å²) in [6.45, 7) is 5.99. The van der Waals surface area contributed by atoms with Crippen molar-refractivity contribution in [3.63, 3.8) is 0 Å². The molecule has 2 heterocycles. The van der Waals surface area contributed by atoms with Crippen LogP contribution in [0.3, 0.4) is 0 Å². The van der Waals surface area contributed by atoms with Crippen LogP contribution in [0.2, 0.25) is 0 Å². The van der Waals surface area contributed by atoms with Crippen molar-refractivity contribution < 1.29 is 19.1 Å². The summed E-state index contributed by atoms with van der Waals surface area (Å²) < 4.78 is 12.0. The second-order valence-corrected chi connectivity index (χ2v) is 6.91. The van der Waals surface area contributed by atoms with Crippen molar-refractivity contribution in [1.29, 1.82) is 0 Å². The van der Waals surface area contributed by atoms with Gasteiger partial charge >= 0.3 is 11.6 Å². The van der Waals surface area contributed by atoms with Gasteiger partial charge in [0.05, 0.1) is 6.20 Å². The van der Waals surface area contributed by atoms with E-state index in [1.807, 2.05) is 19.1 Å². The normalized spacial score (nSPS) is 12.5. The van der Waals surface area contributed by atoms with Gasteiger partial charge in [0.1, 0.15) is 12.2 Å². The number of rotatable bonds is 5. The highest BCUT2D eigenvalue weighted by Crippen LogP contribution is 2.27. The fourth-order valence-corrected chi connectivity index (χ4v) is 3.08. The van der Waals surface area contributed by atoms with Crippen molar-refractivity contribution in [1.82, 2.24) is 9.78 Å². The number of aryl methyl sites for hydroxylation is 2. The number of carbonyl (C=O) groups excluding carboxylic acids is 1. The van der Waals surface area contributed by atoms with E-state index >= 15 is 0 Å². The van der Waals surface area contributed by atoms with Crippen LogP contribution < -0.4 is 5.63 Å². The van der Waals surface area contributed by atoms with E-state index in [1.165, 1.54) is 23.1 Å². The number of hydrogen-bond donors (Lipinski definition) is 1. The molecular weight excluding hydrogens is 348 g/mol. The molecule has 1 aromatic carbocycles. The Morgan fingerprint density at radius 2 is 2.07 bits per heavy atom. The quantitative estimate of drug-likeness (QED) is 0.548. The number of aliphatic hydroxyl groups excluding tert-OH is 1.